The Hall–Kier alpha value is -3.09. The molecule has 1 aliphatic rings. The molecular formula is C23H22N2O3S. The highest BCUT2D eigenvalue weighted by Crippen LogP contribution is 2.35. The van der Waals surface area contributed by atoms with E-state index in [0.29, 0.717) is 0 Å². The molecule has 1 aliphatic heterocycles. The second-order valence-electron chi connectivity index (χ2n) is 6.89. The monoisotopic (exact) mass is 406 g/mol. The standard InChI is InChI=1S/C23H22N2O3S/c1-17-8-14-21(15-9-17)29(26,27)25-23(19-6-4-3-5-7-19)16-22(24-25)18-10-12-20(28-2)13-11-18/h3-16,23-24H,1-2H3/t23-/m1/s1. The maximum Gasteiger partial charge on any atom is 0.260 e. The number of methoxy groups -OCH3 is 1. The van der Waals surface area contributed by atoms with Gasteiger partial charge < -0.3 is 10.2 Å². The van der Waals surface area contributed by atoms with Gasteiger partial charge in [-0.05, 0) is 60.5 Å². The Kier molecular flexibility index (Phi) is 5.13. The fourth-order valence-electron chi connectivity index (χ4n) is 3.30. The van der Waals surface area contributed by atoms with E-state index in [0.717, 1.165) is 28.1 Å². The van der Waals surface area contributed by atoms with Gasteiger partial charge in [-0.25, -0.2) is 8.42 Å². The minimum absolute atomic E-state index is 0.251. The molecule has 0 saturated carbocycles. The largest absolute Gasteiger partial charge is 0.497 e. The van der Waals surface area contributed by atoms with E-state index in [1.807, 2.05) is 67.6 Å². The zero-order valence-electron chi connectivity index (χ0n) is 16.2. The molecule has 0 aliphatic carbocycles. The Morgan fingerprint density at radius 3 is 2.17 bits per heavy atom. The molecule has 0 saturated heterocycles. The summed E-state index contributed by atoms with van der Waals surface area (Å²) in [5.41, 5.74) is 6.63. The molecular weight excluding hydrogens is 384 g/mol. The molecule has 6 heteroatoms. The van der Waals surface area contributed by atoms with Gasteiger partial charge in [-0.2, -0.15) is 0 Å². The molecule has 3 aromatic rings. The first kappa shape index (κ1) is 19.2. The number of nitrogens with zero attached hydrogens (tertiary/aromatic N) is 1. The summed E-state index contributed by atoms with van der Waals surface area (Å²) in [6, 6.07) is 23.5. The van der Waals surface area contributed by atoms with Gasteiger partial charge >= 0.3 is 0 Å². The highest BCUT2D eigenvalue weighted by Gasteiger charge is 2.36. The van der Waals surface area contributed by atoms with E-state index in [1.54, 1.807) is 31.4 Å². The van der Waals surface area contributed by atoms with Crippen molar-refractivity contribution in [1.82, 2.24) is 9.84 Å². The molecule has 1 N–H and O–H groups in total. The van der Waals surface area contributed by atoms with Crippen molar-refractivity contribution in [3.05, 3.63) is 102 Å². The van der Waals surface area contributed by atoms with E-state index in [-0.39, 0.29) is 4.90 Å². The van der Waals surface area contributed by atoms with Gasteiger partial charge in [0.2, 0.25) is 0 Å². The summed E-state index contributed by atoms with van der Waals surface area (Å²) in [5, 5.41) is 0. The van der Waals surface area contributed by atoms with E-state index in [2.05, 4.69) is 5.43 Å². The van der Waals surface area contributed by atoms with E-state index < -0.39 is 16.1 Å². The summed E-state index contributed by atoms with van der Waals surface area (Å²) in [7, 11) is -2.15. The lowest BCUT2D eigenvalue weighted by Crippen LogP contribution is -2.39. The molecule has 29 heavy (non-hydrogen) atoms. The number of hydrazine groups is 1. The number of benzene rings is 3. The van der Waals surface area contributed by atoms with Crippen LogP contribution in [0.15, 0.2) is 89.8 Å². The third kappa shape index (κ3) is 3.77. The van der Waals surface area contributed by atoms with Gasteiger partial charge in [0.25, 0.3) is 10.0 Å². The topological polar surface area (TPSA) is 58.6 Å². The molecule has 5 nitrogen and oxygen atoms in total. The second-order valence-corrected chi connectivity index (χ2v) is 8.71. The zero-order chi connectivity index (χ0) is 20.4. The van der Waals surface area contributed by atoms with Gasteiger partial charge in [0, 0.05) is 0 Å². The molecule has 0 amide bonds. The fraction of sp³-hybridized carbons (Fsp3) is 0.130. The predicted molar refractivity (Wildman–Crippen MR) is 113 cm³/mol. The van der Waals surface area contributed by atoms with Gasteiger partial charge in [-0.1, -0.05) is 48.0 Å². The molecule has 3 aromatic carbocycles. The summed E-state index contributed by atoms with van der Waals surface area (Å²) < 4.78 is 33.4. The summed E-state index contributed by atoms with van der Waals surface area (Å²) in [6.45, 7) is 1.93. The van der Waals surface area contributed by atoms with E-state index >= 15 is 0 Å². The minimum Gasteiger partial charge on any atom is -0.497 e. The maximum atomic E-state index is 13.4. The highest BCUT2D eigenvalue weighted by atomic mass is 32.2. The van der Waals surface area contributed by atoms with Crippen LogP contribution in [0.1, 0.15) is 22.7 Å². The summed E-state index contributed by atoms with van der Waals surface area (Å²) in [5.74, 6) is 0.746. The number of nitrogens with one attached hydrogen (secondary N) is 1. The molecule has 1 heterocycles. The molecule has 0 unspecified atom stereocenters. The van der Waals surface area contributed by atoms with Crippen LogP contribution >= 0.6 is 0 Å². The van der Waals surface area contributed by atoms with Crippen LogP contribution in [-0.2, 0) is 10.0 Å². The number of hydrogen-bond acceptors (Lipinski definition) is 4. The third-order valence-electron chi connectivity index (χ3n) is 4.93. The van der Waals surface area contributed by atoms with Crippen molar-refractivity contribution in [3.8, 4) is 5.75 Å². The average Bonchev–Trinajstić information content (AvgIpc) is 3.21. The van der Waals surface area contributed by atoms with Crippen LogP contribution in [0.5, 0.6) is 5.75 Å². The van der Waals surface area contributed by atoms with Crippen LogP contribution in [0.25, 0.3) is 5.70 Å². The van der Waals surface area contributed by atoms with E-state index in [9.17, 15) is 8.42 Å². The van der Waals surface area contributed by atoms with Gasteiger partial charge in [0.05, 0.1) is 23.7 Å². The fourth-order valence-corrected chi connectivity index (χ4v) is 4.70. The normalized spacial score (nSPS) is 16.9. The Morgan fingerprint density at radius 2 is 1.55 bits per heavy atom. The first-order chi connectivity index (χ1) is 14.0. The Labute approximate surface area is 171 Å². The zero-order valence-corrected chi connectivity index (χ0v) is 17.1. The summed E-state index contributed by atoms with van der Waals surface area (Å²) in [4.78, 5) is 0.251. The molecule has 1 atom stereocenters. The van der Waals surface area contributed by atoms with E-state index in [1.165, 1.54) is 4.41 Å². The summed E-state index contributed by atoms with van der Waals surface area (Å²) >= 11 is 0. The lowest BCUT2D eigenvalue weighted by molar-refractivity contribution is 0.348. The van der Waals surface area contributed by atoms with Gasteiger partial charge in [-0.3, -0.25) is 0 Å². The molecule has 148 valence electrons. The number of ether oxygens (including phenoxy) is 1. The smallest absolute Gasteiger partial charge is 0.260 e. The SMILES string of the molecule is COc1ccc(C2=C[C@H](c3ccccc3)N(S(=O)(=O)c3ccc(C)cc3)N2)cc1. The van der Waals surface area contributed by atoms with Crippen LogP contribution < -0.4 is 10.2 Å². The van der Waals surface area contributed by atoms with Gasteiger partial charge in [0.15, 0.2) is 0 Å². The van der Waals surface area contributed by atoms with Crippen LogP contribution in [0.3, 0.4) is 0 Å². The molecule has 0 fully saturated rings. The van der Waals surface area contributed by atoms with Gasteiger partial charge in [-0.15, -0.1) is 4.41 Å². The van der Waals surface area contributed by atoms with Crippen molar-refractivity contribution in [1.29, 1.82) is 0 Å². The van der Waals surface area contributed by atoms with Gasteiger partial charge in [0.1, 0.15) is 5.75 Å². The molecule has 4 rings (SSSR count). The predicted octanol–water partition coefficient (Wildman–Crippen LogP) is 4.29. The molecule has 0 aromatic heterocycles. The van der Waals surface area contributed by atoms with Crippen LogP contribution in [0.2, 0.25) is 0 Å². The first-order valence-corrected chi connectivity index (χ1v) is 10.7. The van der Waals surface area contributed by atoms with Crippen molar-refractivity contribution in [2.24, 2.45) is 0 Å². The van der Waals surface area contributed by atoms with Crippen molar-refractivity contribution >= 4 is 15.7 Å². The third-order valence-corrected chi connectivity index (χ3v) is 6.63. The highest BCUT2D eigenvalue weighted by molar-refractivity contribution is 7.89. The number of sulfonamides is 1. The first-order valence-electron chi connectivity index (χ1n) is 9.28. The van der Waals surface area contributed by atoms with Crippen LogP contribution in [0.4, 0.5) is 0 Å². The Balaban J connectivity index is 1.75. The number of aryl methyl sites for hydroxylation is 1. The Bertz CT molecular complexity index is 1120. The molecule has 0 radical (unpaired) electrons. The van der Waals surface area contributed by atoms with E-state index in [4.69, 9.17) is 4.74 Å². The van der Waals surface area contributed by atoms with Crippen molar-refractivity contribution < 1.29 is 13.2 Å². The van der Waals surface area contributed by atoms with Crippen molar-refractivity contribution in [2.45, 2.75) is 17.9 Å². The summed E-state index contributed by atoms with van der Waals surface area (Å²) in [6.07, 6.45) is 1.93. The second kappa shape index (κ2) is 7.73. The quantitative estimate of drug-likeness (QED) is 0.687. The average molecular weight is 407 g/mol. The maximum absolute atomic E-state index is 13.4. The number of rotatable bonds is 5. The van der Waals surface area contributed by atoms with Crippen molar-refractivity contribution in [3.63, 3.8) is 0 Å². The van der Waals surface area contributed by atoms with Crippen molar-refractivity contribution in [2.75, 3.05) is 7.11 Å². The lowest BCUT2D eigenvalue weighted by atomic mass is 10.1. The van der Waals surface area contributed by atoms with Crippen LogP contribution in [0, 0.1) is 6.92 Å². The number of hydrogen-bond donors (Lipinski definition) is 1. The minimum atomic E-state index is -3.76. The Morgan fingerprint density at radius 1 is 0.897 bits per heavy atom. The molecule has 0 spiro atoms. The van der Waals surface area contributed by atoms with Crippen LogP contribution in [-0.4, -0.2) is 19.9 Å². The molecule has 0 bridgehead atoms. The lowest BCUT2D eigenvalue weighted by Gasteiger charge is -2.25.